The van der Waals surface area contributed by atoms with Gasteiger partial charge in [-0.3, -0.25) is 19.7 Å². The molecule has 0 radical (unpaired) electrons. The van der Waals surface area contributed by atoms with Crippen LogP contribution < -0.4 is 15.0 Å². The molecular weight excluding hydrogens is 388 g/mol. The lowest BCUT2D eigenvalue weighted by molar-refractivity contribution is -0.384. The maximum Gasteiger partial charge on any atom is 0.308 e. The minimum Gasteiger partial charge on any atom is -0.485 e. The molecule has 0 unspecified atom stereocenters. The number of fused-ring (bicyclic) bond motifs is 1. The van der Waals surface area contributed by atoms with Crippen LogP contribution in [0.5, 0.6) is 11.5 Å². The third kappa shape index (κ3) is 5.56. The van der Waals surface area contributed by atoms with Crippen molar-refractivity contribution in [2.75, 3.05) is 6.61 Å². The first-order valence-corrected chi connectivity index (χ1v) is 9.53. The molecule has 0 N–H and O–H groups in total. The summed E-state index contributed by atoms with van der Waals surface area (Å²) in [6.45, 7) is 7.43. The largest absolute Gasteiger partial charge is 0.485 e. The predicted molar refractivity (Wildman–Crippen MR) is 115 cm³/mol. The third-order valence-electron chi connectivity index (χ3n) is 4.50. The summed E-state index contributed by atoms with van der Waals surface area (Å²) < 4.78 is 12.2. The molecule has 8 heteroatoms. The number of pyridine rings is 1. The normalized spacial score (nSPS) is 11.3. The molecule has 0 atom stereocenters. The Kier molecular flexibility index (Phi) is 7.52. The van der Waals surface area contributed by atoms with Gasteiger partial charge in [0.25, 0.3) is 11.2 Å². The van der Waals surface area contributed by atoms with Crippen LogP contribution in [0.25, 0.3) is 10.9 Å². The zero-order chi connectivity index (χ0) is 22.4. The average Bonchev–Trinajstić information content (AvgIpc) is 2.67. The molecule has 1 heterocycles. The zero-order valence-electron chi connectivity index (χ0n) is 17.9. The molecule has 1 aromatic heterocycles. The Labute approximate surface area is 174 Å². The van der Waals surface area contributed by atoms with Gasteiger partial charge in [-0.15, -0.1) is 0 Å². The smallest absolute Gasteiger partial charge is 0.308 e. The van der Waals surface area contributed by atoms with E-state index in [1.165, 1.54) is 42.3 Å². The highest BCUT2D eigenvalue weighted by molar-refractivity contribution is 5.90. The molecule has 0 saturated carbocycles. The third-order valence-corrected chi connectivity index (χ3v) is 4.50. The second-order valence-electron chi connectivity index (χ2n) is 7.26. The summed E-state index contributed by atoms with van der Waals surface area (Å²) in [6, 6.07) is 4.10. The maximum atomic E-state index is 12.7. The number of aryl methyl sites for hydroxylation is 1. The monoisotopic (exact) mass is 414 g/mol. The summed E-state index contributed by atoms with van der Waals surface area (Å²) in [5.41, 5.74) is 1.91. The number of esters is 1. The second kappa shape index (κ2) is 9.87. The van der Waals surface area contributed by atoms with Crippen molar-refractivity contribution in [3.8, 4) is 11.5 Å². The fourth-order valence-corrected chi connectivity index (χ4v) is 2.92. The summed E-state index contributed by atoms with van der Waals surface area (Å²) >= 11 is 0. The number of allylic oxidation sites excluding steroid dienone is 3. The highest BCUT2D eigenvalue weighted by Crippen LogP contribution is 2.34. The van der Waals surface area contributed by atoms with Gasteiger partial charge in [0, 0.05) is 31.5 Å². The van der Waals surface area contributed by atoms with Crippen LogP contribution in [0.1, 0.15) is 40.5 Å². The molecule has 0 aliphatic heterocycles. The van der Waals surface area contributed by atoms with Crippen molar-refractivity contribution in [1.29, 1.82) is 0 Å². The number of nitrogens with zero attached hydrogens (tertiary/aromatic N) is 2. The Morgan fingerprint density at radius 1 is 1.17 bits per heavy atom. The lowest BCUT2D eigenvalue weighted by atomic mass is 10.1. The van der Waals surface area contributed by atoms with Crippen molar-refractivity contribution < 1.29 is 19.2 Å². The van der Waals surface area contributed by atoms with E-state index in [9.17, 15) is 19.7 Å². The van der Waals surface area contributed by atoms with Crippen LogP contribution in [0.2, 0.25) is 0 Å². The van der Waals surface area contributed by atoms with Crippen LogP contribution >= 0.6 is 0 Å². The lowest BCUT2D eigenvalue weighted by Crippen LogP contribution is -2.22. The number of rotatable bonds is 8. The number of carbonyl (C=O) groups is 1. The minimum absolute atomic E-state index is 0.0894. The molecule has 0 aliphatic rings. The molecule has 0 spiro atoms. The van der Waals surface area contributed by atoms with E-state index in [1.54, 1.807) is 0 Å². The van der Waals surface area contributed by atoms with Crippen LogP contribution in [0, 0.1) is 10.1 Å². The first-order valence-electron chi connectivity index (χ1n) is 9.53. The van der Waals surface area contributed by atoms with Gasteiger partial charge in [-0.25, -0.2) is 0 Å². The quantitative estimate of drug-likeness (QED) is 0.274. The van der Waals surface area contributed by atoms with Gasteiger partial charge < -0.3 is 14.0 Å². The van der Waals surface area contributed by atoms with Crippen molar-refractivity contribution in [2.45, 2.75) is 40.5 Å². The second-order valence-corrected chi connectivity index (χ2v) is 7.26. The molecule has 0 aliphatic carbocycles. The SMILES string of the molecule is CC(=O)Oc1c(OCC=C(C)CCC=C(C)C)c2ccc([N+](=O)[O-])cc2n(C)c1=O. The standard InChI is InChI=1S/C22H26N2O6/c1-14(2)7-6-8-15(3)11-12-29-20-18-10-9-17(24(27)28)13-19(18)23(5)22(26)21(20)30-16(4)25/h7,9-11,13H,6,8,12H2,1-5H3. The van der Waals surface area contributed by atoms with Gasteiger partial charge in [-0.05, 0) is 45.8 Å². The fraction of sp³-hybridized carbons (Fsp3) is 0.364. The fourth-order valence-electron chi connectivity index (χ4n) is 2.92. The van der Waals surface area contributed by atoms with Crippen LogP contribution in [0.4, 0.5) is 5.69 Å². The van der Waals surface area contributed by atoms with E-state index in [-0.39, 0.29) is 23.8 Å². The number of carbonyl (C=O) groups excluding carboxylic acids is 1. The topological polar surface area (TPSA) is 101 Å². The number of hydrogen-bond donors (Lipinski definition) is 0. The maximum absolute atomic E-state index is 12.7. The van der Waals surface area contributed by atoms with Gasteiger partial charge in [0.1, 0.15) is 6.61 Å². The number of benzene rings is 1. The van der Waals surface area contributed by atoms with Crippen molar-refractivity contribution in [3.05, 3.63) is 62.0 Å². The number of nitro groups is 1. The Hall–Kier alpha value is -3.42. The van der Waals surface area contributed by atoms with Crippen LogP contribution in [-0.2, 0) is 11.8 Å². The molecule has 160 valence electrons. The lowest BCUT2D eigenvalue weighted by Gasteiger charge is -2.15. The number of non-ortho nitro benzene ring substituents is 1. The number of aromatic nitrogens is 1. The van der Waals surface area contributed by atoms with Gasteiger partial charge in [-0.1, -0.05) is 17.2 Å². The first-order chi connectivity index (χ1) is 14.1. The highest BCUT2D eigenvalue weighted by atomic mass is 16.6. The zero-order valence-corrected chi connectivity index (χ0v) is 17.9. The number of hydrogen-bond acceptors (Lipinski definition) is 6. The summed E-state index contributed by atoms with van der Waals surface area (Å²) in [7, 11) is 1.46. The van der Waals surface area contributed by atoms with Gasteiger partial charge in [0.2, 0.25) is 5.75 Å². The Morgan fingerprint density at radius 3 is 2.47 bits per heavy atom. The Balaban J connectivity index is 2.46. The summed E-state index contributed by atoms with van der Waals surface area (Å²) in [5, 5.41) is 11.6. The molecule has 0 bridgehead atoms. The van der Waals surface area contributed by atoms with Crippen LogP contribution in [0.15, 0.2) is 46.3 Å². The molecule has 8 nitrogen and oxygen atoms in total. The van der Waals surface area contributed by atoms with Gasteiger partial charge in [-0.2, -0.15) is 0 Å². The van der Waals surface area contributed by atoms with Crippen LogP contribution in [-0.4, -0.2) is 22.1 Å². The van der Waals surface area contributed by atoms with E-state index in [2.05, 4.69) is 6.08 Å². The van der Waals surface area contributed by atoms with E-state index in [1.807, 2.05) is 26.8 Å². The molecule has 0 amide bonds. The van der Waals surface area contributed by atoms with Gasteiger partial charge in [0.15, 0.2) is 5.75 Å². The van der Waals surface area contributed by atoms with Crippen LogP contribution in [0.3, 0.4) is 0 Å². The summed E-state index contributed by atoms with van der Waals surface area (Å²) in [6.07, 6.45) is 5.83. The van der Waals surface area contributed by atoms with Crippen molar-refractivity contribution in [2.24, 2.45) is 7.05 Å². The van der Waals surface area contributed by atoms with E-state index in [0.29, 0.717) is 10.9 Å². The van der Waals surface area contributed by atoms with E-state index in [4.69, 9.17) is 9.47 Å². The van der Waals surface area contributed by atoms with Crippen molar-refractivity contribution in [3.63, 3.8) is 0 Å². The van der Waals surface area contributed by atoms with Crippen molar-refractivity contribution >= 4 is 22.6 Å². The molecule has 0 fully saturated rings. The van der Waals surface area contributed by atoms with E-state index >= 15 is 0 Å². The van der Waals surface area contributed by atoms with E-state index in [0.717, 1.165) is 18.4 Å². The minimum atomic E-state index is -0.661. The van der Waals surface area contributed by atoms with E-state index < -0.39 is 16.5 Å². The summed E-state index contributed by atoms with van der Waals surface area (Å²) in [5.74, 6) is -0.805. The first kappa shape index (κ1) is 22.9. The highest BCUT2D eigenvalue weighted by Gasteiger charge is 2.21. The molecular formula is C22H26N2O6. The molecule has 30 heavy (non-hydrogen) atoms. The average molecular weight is 414 g/mol. The van der Waals surface area contributed by atoms with Gasteiger partial charge >= 0.3 is 5.97 Å². The number of nitro benzene ring substituents is 1. The summed E-state index contributed by atoms with van der Waals surface area (Å²) in [4.78, 5) is 34.8. The Bertz CT molecular complexity index is 1090. The van der Waals surface area contributed by atoms with Crippen molar-refractivity contribution in [1.82, 2.24) is 4.57 Å². The predicted octanol–water partition coefficient (Wildman–Crippen LogP) is 4.44. The molecule has 1 aromatic carbocycles. The number of ether oxygens (including phenoxy) is 2. The Morgan fingerprint density at radius 2 is 1.87 bits per heavy atom. The van der Waals surface area contributed by atoms with Gasteiger partial charge in [0.05, 0.1) is 10.4 Å². The molecule has 2 aromatic rings. The molecule has 0 saturated heterocycles. The molecule has 2 rings (SSSR count).